The fraction of sp³-hybridized carbons (Fsp3) is 0.222. The topological polar surface area (TPSA) is 49.0 Å². The van der Waals surface area contributed by atoms with E-state index < -0.39 is 12.0 Å². The Kier molecular flexibility index (Phi) is 3.52. The van der Waals surface area contributed by atoms with Gasteiger partial charge in [0.1, 0.15) is 0 Å². The van der Waals surface area contributed by atoms with E-state index in [1.807, 2.05) is 24.3 Å². The summed E-state index contributed by atoms with van der Waals surface area (Å²) in [6.45, 7) is 1.09. The summed E-state index contributed by atoms with van der Waals surface area (Å²) in [7, 11) is 0. The zero-order valence-corrected chi connectivity index (χ0v) is 13.1. The van der Waals surface area contributed by atoms with E-state index in [1.54, 1.807) is 4.90 Å². The number of rotatable bonds is 1. The van der Waals surface area contributed by atoms with Gasteiger partial charge in [0.2, 0.25) is 5.82 Å². The first-order chi connectivity index (χ1) is 11.9. The van der Waals surface area contributed by atoms with Gasteiger partial charge < -0.3 is 9.88 Å². The van der Waals surface area contributed by atoms with Crippen LogP contribution in [0.5, 0.6) is 0 Å². The molecule has 0 saturated heterocycles. The van der Waals surface area contributed by atoms with E-state index in [-0.39, 0.29) is 16.9 Å². The van der Waals surface area contributed by atoms with Gasteiger partial charge in [-0.3, -0.25) is 4.79 Å². The molecule has 0 saturated carbocycles. The second-order valence-electron chi connectivity index (χ2n) is 6.06. The lowest BCUT2D eigenvalue weighted by Gasteiger charge is -2.29. The Bertz CT molecular complexity index is 962. The van der Waals surface area contributed by atoms with Crippen molar-refractivity contribution in [2.24, 2.45) is 0 Å². The van der Waals surface area contributed by atoms with Crippen LogP contribution in [0.4, 0.5) is 13.2 Å². The minimum Gasteiger partial charge on any atom is -0.334 e. The number of carbonyl (C=O) groups is 1. The van der Waals surface area contributed by atoms with Gasteiger partial charge in [-0.05, 0) is 35.7 Å². The molecule has 2 heterocycles. The Morgan fingerprint density at radius 2 is 1.88 bits per heavy atom. The summed E-state index contributed by atoms with van der Waals surface area (Å²) in [5.74, 6) is -1.25. The first-order valence-corrected chi connectivity index (χ1v) is 7.85. The molecule has 1 N–H and O–H groups in total. The van der Waals surface area contributed by atoms with Gasteiger partial charge in [-0.2, -0.15) is 13.2 Å². The van der Waals surface area contributed by atoms with Crippen molar-refractivity contribution in [2.75, 3.05) is 6.54 Å². The van der Waals surface area contributed by atoms with Gasteiger partial charge in [-0.1, -0.05) is 24.3 Å². The molecule has 1 amide bonds. The second kappa shape index (κ2) is 5.61. The largest absolute Gasteiger partial charge is 0.449 e. The first kappa shape index (κ1) is 15.7. The molecular weight excluding hydrogens is 331 g/mol. The maximum absolute atomic E-state index is 12.7. The number of aromatic nitrogens is 2. The second-order valence-corrected chi connectivity index (χ2v) is 6.06. The molecule has 4 rings (SSSR count). The fourth-order valence-corrected chi connectivity index (χ4v) is 3.13. The summed E-state index contributed by atoms with van der Waals surface area (Å²) < 4.78 is 38.2. The number of carbonyl (C=O) groups excluding carboxylic acids is 1. The monoisotopic (exact) mass is 345 g/mol. The maximum Gasteiger partial charge on any atom is 0.449 e. The van der Waals surface area contributed by atoms with Crippen LogP contribution < -0.4 is 0 Å². The SMILES string of the molecule is O=C(c1ccc2nc(C(F)(F)F)[nH]c2c1)N1CCc2ccccc2C1. The third-order valence-corrected chi connectivity index (χ3v) is 4.42. The number of H-pyrrole nitrogens is 1. The van der Waals surface area contributed by atoms with Crippen LogP contribution in [0.2, 0.25) is 0 Å². The Morgan fingerprint density at radius 1 is 1.12 bits per heavy atom. The summed E-state index contributed by atoms with van der Waals surface area (Å²) in [6.07, 6.45) is -3.77. The number of nitrogens with zero attached hydrogens (tertiary/aromatic N) is 2. The third-order valence-electron chi connectivity index (χ3n) is 4.42. The summed E-state index contributed by atoms with van der Waals surface area (Å²) in [5.41, 5.74) is 3.07. The molecule has 1 aromatic heterocycles. The minimum atomic E-state index is -4.54. The molecule has 0 radical (unpaired) electrons. The van der Waals surface area contributed by atoms with E-state index in [0.717, 1.165) is 12.0 Å². The van der Waals surface area contributed by atoms with Gasteiger partial charge >= 0.3 is 6.18 Å². The van der Waals surface area contributed by atoms with Crippen LogP contribution >= 0.6 is 0 Å². The molecule has 128 valence electrons. The molecule has 7 heteroatoms. The van der Waals surface area contributed by atoms with Gasteiger partial charge in [0.15, 0.2) is 0 Å². The van der Waals surface area contributed by atoms with Crippen molar-refractivity contribution < 1.29 is 18.0 Å². The van der Waals surface area contributed by atoms with Crippen LogP contribution in [0.1, 0.15) is 27.3 Å². The number of nitrogens with one attached hydrogen (secondary N) is 1. The normalized spacial score (nSPS) is 14.6. The molecule has 0 aliphatic carbocycles. The number of imidazole rings is 1. The highest BCUT2D eigenvalue weighted by atomic mass is 19.4. The Hall–Kier alpha value is -2.83. The van der Waals surface area contributed by atoms with E-state index >= 15 is 0 Å². The van der Waals surface area contributed by atoms with Crippen molar-refractivity contribution in [3.8, 4) is 0 Å². The van der Waals surface area contributed by atoms with Crippen LogP contribution in [-0.4, -0.2) is 27.3 Å². The van der Waals surface area contributed by atoms with Crippen molar-refractivity contribution in [1.82, 2.24) is 14.9 Å². The molecular formula is C18H14F3N3O. The van der Waals surface area contributed by atoms with Crippen LogP contribution in [-0.2, 0) is 19.1 Å². The summed E-state index contributed by atoms with van der Waals surface area (Å²) in [4.78, 5) is 20.2. The number of amides is 1. The molecule has 2 aromatic carbocycles. The number of benzene rings is 2. The summed E-state index contributed by atoms with van der Waals surface area (Å²) >= 11 is 0. The average Bonchev–Trinajstić information content (AvgIpc) is 3.04. The molecule has 0 atom stereocenters. The summed E-state index contributed by atoms with van der Waals surface area (Å²) in [5, 5.41) is 0. The van der Waals surface area contributed by atoms with Gasteiger partial charge in [0.25, 0.3) is 5.91 Å². The molecule has 0 unspecified atom stereocenters. The zero-order valence-electron chi connectivity index (χ0n) is 13.1. The molecule has 4 nitrogen and oxygen atoms in total. The highest BCUT2D eigenvalue weighted by Crippen LogP contribution is 2.29. The van der Waals surface area contributed by atoms with E-state index in [2.05, 4.69) is 9.97 Å². The predicted molar refractivity (Wildman–Crippen MR) is 86.0 cm³/mol. The lowest BCUT2D eigenvalue weighted by atomic mass is 9.99. The van der Waals surface area contributed by atoms with Gasteiger partial charge in [0.05, 0.1) is 11.0 Å². The molecule has 1 aliphatic heterocycles. The van der Waals surface area contributed by atoms with Crippen molar-refractivity contribution in [3.63, 3.8) is 0 Å². The van der Waals surface area contributed by atoms with Gasteiger partial charge in [-0.15, -0.1) is 0 Å². The number of alkyl halides is 3. The molecule has 0 fully saturated rings. The van der Waals surface area contributed by atoms with Crippen molar-refractivity contribution in [3.05, 3.63) is 65.0 Å². The van der Waals surface area contributed by atoms with Crippen molar-refractivity contribution in [1.29, 1.82) is 0 Å². The molecule has 1 aliphatic rings. The van der Waals surface area contributed by atoms with Crippen LogP contribution in [0, 0.1) is 0 Å². The van der Waals surface area contributed by atoms with Crippen LogP contribution in [0.25, 0.3) is 11.0 Å². The van der Waals surface area contributed by atoms with Crippen LogP contribution in [0.3, 0.4) is 0 Å². The maximum atomic E-state index is 12.7. The standard InChI is InChI=1S/C18H14F3N3O/c19-18(20,21)17-22-14-6-5-12(9-15(14)23-17)16(25)24-8-7-11-3-1-2-4-13(11)10-24/h1-6,9H,7-8,10H2,(H,22,23). The number of fused-ring (bicyclic) bond motifs is 2. The Balaban J connectivity index is 1.62. The molecule has 0 bridgehead atoms. The van der Waals surface area contributed by atoms with Crippen molar-refractivity contribution >= 4 is 16.9 Å². The summed E-state index contributed by atoms with van der Waals surface area (Å²) in [6, 6.07) is 12.3. The van der Waals surface area contributed by atoms with E-state index in [9.17, 15) is 18.0 Å². The molecule has 3 aromatic rings. The molecule has 25 heavy (non-hydrogen) atoms. The fourth-order valence-electron chi connectivity index (χ4n) is 3.13. The number of hydrogen-bond donors (Lipinski definition) is 1. The number of aromatic amines is 1. The smallest absolute Gasteiger partial charge is 0.334 e. The lowest BCUT2D eigenvalue weighted by molar-refractivity contribution is -0.144. The quantitative estimate of drug-likeness (QED) is 0.730. The lowest BCUT2D eigenvalue weighted by Crippen LogP contribution is -2.35. The first-order valence-electron chi connectivity index (χ1n) is 7.85. The van der Waals surface area contributed by atoms with Crippen LogP contribution in [0.15, 0.2) is 42.5 Å². The highest BCUT2D eigenvalue weighted by molar-refractivity contribution is 5.97. The predicted octanol–water partition coefficient (Wildman–Crippen LogP) is 3.78. The van der Waals surface area contributed by atoms with Gasteiger partial charge in [0, 0.05) is 18.7 Å². The van der Waals surface area contributed by atoms with E-state index in [1.165, 1.54) is 23.8 Å². The van der Waals surface area contributed by atoms with Crippen molar-refractivity contribution in [2.45, 2.75) is 19.1 Å². The Labute approximate surface area is 141 Å². The number of halogens is 3. The van der Waals surface area contributed by atoms with E-state index in [0.29, 0.717) is 18.7 Å². The number of hydrogen-bond acceptors (Lipinski definition) is 2. The third kappa shape index (κ3) is 2.86. The minimum absolute atomic E-state index is 0.188. The van der Waals surface area contributed by atoms with E-state index in [4.69, 9.17) is 0 Å². The molecule has 0 spiro atoms. The van der Waals surface area contributed by atoms with Gasteiger partial charge in [-0.25, -0.2) is 4.98 Å². The Morgan fingerprint density at radius 3 is 2.64 bits per heavy atom. The highest BCUT2D eigenvalue weighted by Gasteiger charge is 2.34. The zero-order chi connectivity index (χ0) is 17.6. The average molecular weight is 345 g/mol.